The number of nitro groups is 2. The summed E-state index contributed by atoms with van der Waals surface area (Å²) >= 11 is 3.47. The van der Waals surface area contributed by atoms with E-state index in [1.54, 1.807) is 38.1 Å². The van der Waals surface area contributed by atoms with Gasteiger partial charge in [0.15, 0.2) is 17.2 Å². The number of hydrogen-bond acceptors (Lipinski definition) is 9. The molecule has 0 unspecified atom stereocenters. The van der Waals surface area contributed by atoms with Crippen LogP contribution in [0.15, 0.2) is 69.8 Å². The molecule has 194 valence electrons. The Balaban J connectivity index is 1.60. The first-order valence-corrected chi connectivity index (χ1v) is 12.1. The Hall–Kier alpha value is -4.58. The van der Waals surface area contributed by atoms with Gasteiger partial charge < -0.3 is 14.2 Å². The van der Waals surface area contributed by atoms with Gasteiger partial charge >= 0.3 is 5.97 Å². The van der Waals surface area contributed by atoms with E-state index >= 15 is 0 Å². The van der Waals surface area contributed by atoms with E-state index in [0.29, 0.717) is 44.8 Å². The molecular weight excluding hydrogens is 562 g/mol. The topological polar surface area (TPSA) is 143 Å². The molecule has 1 aliphatic heterocycles. The molecule has 0 aromatic heterocycles. The molecule has 0 amide bonds. The lowest BCUT2D eigenvalue weighted by Crippen LogP contribution is -2.06. The van der Waals surface area contributed by atoms with Gasteiger partial charge in [-0.05, 0) is 71.2 Å². The van der Waals surface area contributed by atoms with Crippen LogP contribution in [0.2, 0.25) is 0 Å². The van der Waals surface area contributed by atoms with Crippen LogP contribution >= 0.6 is 15.9 Å². The van der Waals surface area contributed by atoms with E-state index in [1.165, 1.54) is 36.4 Å². The van der Waals surface area contributed by atoms with Crippen LogP contribution in [0.3, 0.4) is 0 Å². The number of carbonyl (C=O) groups excluding carboxylic acids is 1. The third kappa shape index (κ3) is 5.86. The number of nitro benzene ring substituents is 2. The zero-order chi connectivity index (χ0) is 27.4. The zero-order valence-corrected chi connectivity index (χ0v) is 21.8. The van der Waals surface area contributed by atoms with Crippen molar-refractivity contribution in [2.24, 2.45) is 4.99 Å². The van der Waals surface area contributed by atoms with Gasteiger partial charge in [0.05, 0.1) is 20.9 Å². The number of esters is 1. The van der Waals surface area contributed by atoms with E-state index in [2.05, 4.69) is 20.9 Å². The van der Waals surface area contributed by atoms with Gasteiger partial charge in [0.2, 0.25) is 5.90 Å². The van der Waals surface area contributed by atoms with Crippen LogP contribution in [-0.4, -0.2) is 28.3 Å². The molecule has 38 heavy (non-hydrogen) atoms. The summed E-state index contributed by atoms with van der Waals surface area (Å²) < 4.78 is 17.5. The molecule has 3 aromatic rings. The molecule has 0 fully saturated rings. The monoisotopic (exact) mass is 581 g/mol. The maximum Gasteiger partial charge on any atom is 0.363 e. The van der Waals surface area contributed by atoms with E-state index in [4.69, 9.17) is 14.2 Å². The third-order valence-corrected chi connectivity index (χ3v) is 5.99. The van der Waals surface area contributed by atoms with E-state index in [1.807, 2.05) is 0 Å². The van der Waals surface area contributed by atoms with Crippen LogP contribution in [0, 0.1) is 27.2 Å². The summed E-state index contributed by atoms with van der Waals surface area (Å²) in [5.74, 6) is 0.150. The number of hydrogen-bond donors (Lipinski definition) is 0. The Morgan fingerprint density at radius 1 is 1.05 bits per heavy atom. The van der Waals surface area contributed by atoms with E-state index in [0.717, 1.165) is 0 Å². The summed E-state index contributed by atoms with van der Waals surface area (Å²) in [5.41, 5.74) is 1.98. The Labute approximate surface area is 224 Å². The number of carbonyl (C=O) groups is 1. The summed E-state index contributed by atoms with van der Waals surface area (Å²) in [7, 11) is 0. The molecule has 0 spiro atoms. The lowest BCUT2D eigenvalue weighted by molar-refractivity contribution is -0.385. The lowest BCUT2D eigenvalue weighted by atomic mass is 10.1. The highest BCUT2D eigenvalue weighted by molar-refractivity contribution is 9.10. The SMILES string of the molecule is CCOc1cc(/C=C2\N=C(c3ccc([N+](=O)[O-])c(C)c3)OC2=O)cc(Br)c1OCc1cccc([N+](=O)[O-])c1. The summed E-state index contributed by atoms with van der Waals surface area (Å²) in [6.45, 7) is 3.80. The molecule has 1 heterocycles. The van der Waals surface area contributed by atoms with Gasteiger partial charge in [0.1, 0.15) is 6.61 Å². The first kappa shape index (κ1) is 26.5. The molecule has 11 nitrogen and oxygen atoms in total. The number of cyclic esters (lactones) is 1. The van der Waals surface area contributed by atoms with Crippen LogP contribution in [0.4, 0.5) is 11.4 Å². The molecule has 1 aliphatic rings. The van der Waals surface area contributed by atoms with Crippen LogP contribution in [0.5, 0.6) is 11.5 Å². The predicted octanol–water partition coefficient (Wildman–Crippen LogP) is 5.90. The first-order chi connectivity index (χ1) is 18.2. The minimum atomic E-state index is -0.670. The molecule has 0 aliphatic carbocycles. The largest absolute Gasteiger partial charge is 0.490 e. The second kappa shape index (κ2) is 11.2. The van der Waals surface area contributed by atoms with Gasteiger partial charge in [0.25, 0.3) is 11.4 Å². The Bertz CT molecular complexity index is 1520. The van der Waals surface area contributed by atoms with Crippen molar-refractivity contribution in [1.82, 2.24) is 0 Å². The van der Waals surface area contributed by atoms with Gasteiger partial charge in [-0.25, -0.2) is 9.79 Å². The van der Waals surface area contributed by atoms with Crippen molar-refractivity contribution in [3.63, 3.8) is 0 Å². The van der Waals surface area contributed by atoms with E-state index in [-0.39, 0.29) is 29.6 Å². The van der Waals surface area contributed by atoms with Crippen molar-refractivity contribution >= 4 is 45.2 Å². The lowest BCUT2D eigenvalue weighted by Gasteiger charge is -2.15. The Kier molecular flexibility index (Phi) is 7.82. The number of rotatable bonds is 9. The van der Waals surface area contributed by atoms with Crippen LogP contribution in [-0.2, 0) is 16.1 Å². The number of non-ortho nitro benzene ring substituents is 1. The smallest absolute Gasteiger partial charge is 0.363 e. The number of ether oxygens (including phenoxy) is 3. The predicted molar refractivity (Wildman–Crippen MR) is 141 cm³/mol. The van der Waals surface area contributed by atoms with Crippen molar-refractivity contribution in [2.45, 2.75) is 20.5 Å². The molecule has 12 heteroatoms. The average Bonchev–Trinajstić information content (AvgIpc) is 3.23. The minimum Gasteiger partial charge on any atom is -0.490 e. The van der Waals surface area contributed by atoms with Gasteiger partial charge in [0, 0.05) is 29.3 Å². The quantitative estimate of drug-likeness (QED) is 0.131. The number of aliphatic imine (C=N–C) groups is 1. The minimum absolute atomic E-state index is 0.0376. The standard InChI is InChI=1S/C26H20BrN3O8/c1-3-36-23-13-17(11-20(27)24(23)37-14-16-5-4-6-19(10-16)29(32)33)12-21-26(31)38-25(28-21)18-7-8-22(30(34)35)15(2)9-18/h4-13H,3,14H2,1-2H3/b21-12-. The molecule has 3 aromatic carbocycles. The van der Waals surface area contributed by atoms with Crippen molar-refractivity contribution in [1.29, 1.82) is 0 Å². The van der Waals surface area contributed by atoms with Crippen LogP contribution in [0.25, 0.3) is 6.08 Å². The molecular formula is C26H20BrN3O8. The average molecular weight is 582 g/mol. The summed E-state index contributed by atoms with van der Waals surface area (Å²) in [6, 6.07) is 13.8. The van der Waals surface area contributed by atoms with E-state index in [9.17, 15) is 25.0 Å². The van der Waals surface area contributed by atoms with Gasteiger partial charge in [-0.3, -0.25) is 20.2 Å². The summed E-state index contributed by atoms with van der Waals surface area (Å²) in [5, 5.41) is 22.1. The molecule has 0 saturated heterocycles. The number of halogens is 1. The van der Waals surface area contributed by atoms with Gasteiger partial charge in [-0.15, -0.1) is 0 Å². The van der Waals surface area contributed by atoms with Crippen LogP contribution in [0.1, 0.15) is 29.2 Å². The normalized spacial score (nSPS) is 13.7. The van der Waals surface area contributed by atoms with Crippen molar-refractivity contribution < 1.29 is 28.9 Å². The zero-order valence-electron chi connectivity index (χ0n) is 20.2. The molecule has 0 saturated carbocycles. The van der Waals surface area contributed by atoms with Crippen molar-refractivity contribution in [3.8, 4) is 11.5 Å². The second-order valence-corrected chi connectivity index (χ2v) is 8.93. The molecule has 4 rings (SSSR count). The fourth-order valence-corrected chi connectivity index (χ4v) is 4.25. The highest BCUT2D eigenvalue weighted by atomic mass is 79.9. The molecule has 0 bridgehead atoms. The van der Waals surface area contributed by atoms with E-state index < -0.39 is 15.8 Å². The molecule has 0 atom stereocenters. The number of aryl methyl sites for hydroxylation is 1. The summed E-state index contributed by atoms with van der Waals surface area (Å²) in [4.78, 5) is 37.9. The Morgan fingerprint density at radius 3 is 2.53 bits per heavy atom. The van der Waals surface area contributed by atoms with Crippen molar-refractivity contribution in [3.05, 3.63) is 107 Å². The first-order valence-electron chi connectivity index (χ1n) is 11.3. The van der Waals surface area contributed by atoms with Gasteiger partial charge in [-0.2, -0.15) is 0 Å². The van der Waals surface area contributed by atoms with Crippen LogP contribution < -0.4 is 9.47 Å². The highest BCUT2D eigenvalue weighted by Crippen LogP contribution is 2.38. The Morgan fingerprint density at radius 2 is 1.84 bits per heavy atom. The number of benzene rings is 3. The highest BCUT2D eigenvalue weighted by Gasteiger charge is 2.26. The van der Waals surface area contributed by atoms with Crippen molar-refractivity contribution in [2.75, 3.05) is 6.61 Å². The molecule has 0 N–H and O–H groups in total. The van der Waals surface area contributed by atoms with Gasteiger partial charge in [-0.1, -0.05) is 12.1 Å². The fourth-order valence-electron chi connectivity index (χ4n) is 3.67. The maximum atomic E-state index is 12.5. The third-order valence-electron chi connectivity index (χ3n) is 5.40. The fraction of sp³-hybridized carbons (Fsp3) is 0.154. The number of nitrogens with zero attached hydrogens (tertiary/aromatic N) is 3. The second-order valence-electron chi connectivity index (χ2n) is 8.07. The maximum absolute atomic E-state index is 12.5. The summed E-state index contributed by atoms with van der Waals surface area (Å²) in [6.07, 6.45) is 1.52. The molecule has 0 radical (unpaired) electrons.